The lowest BCUT2D eigenvalue weighted by Gasteiger charge is -2.19. The molecule has 0 aromatic heterocycles. The van der Waals surface area contributed by atoms with Crippen molar-refractivity contribution in [2.45, 2.75) is 12.8 Å². The van der Waals surface area contributed by atoms with E-state index < -0.39 is 10.0 Å². The first-order chi connectivity index (χ1) is 5.08. The zero-order valence-electron chi connectivity index (χ0n) is 6.32. The van der Waals surface area contributed by atoms with Crippen molar-refractivity contribution in [2.24, 2.45) is 11.1 Å². The van der Waals surface area contributed by atoms with E-state index in [0.717, 1.165) is 24.3 Å². The summed E-state index contributed by atoms with van der Waals surface area (Å²) in [5.74, 6) is 2.65. The van der Waals surface area contributed by atoms with Gasteiger partial charge in [-0.25, -0.2) is 13.6 Å². The Bertz CT molecular complexity index is 207. The summed E-state index contributed by atoms with van der Waals surface area (Å²) in [6.07, 6.45) is 2.00. The summed E-state index contributed by atoms with van der Waals surface area (Å²) < 4.78 is 21.3. The van der Waals surface area contributed by atoms with Gasteiger partial charge in [-0.2, -0.15) is 11.8 Å². The van der Waals surface area contributed by atoms with E-state index in [0.29, 0.717) is 5.92 Å². The molecule has 0 radical (unpaired) electrons. The van der Waals surface area contributed by atoms with Crippen molar-refractivity contribution >= 4 is 21.8 Å². The van der Waals surface area contributed by atoms with Crippen LogP contribution >= 0.6 is 11.8 Å². The third kappa shape index (κ3) is 3.98. The molecular weight excluding hydrogens is 182 g/mol. The molecule has 0 aliphatic carbocycles. The fraction of sp³-hybridized carbons (Fsp3) is 1.00. The summed E-state index contributed by atoms with van der Waals surface area (Å²) in [6.45, 7) is 0. The average Bonchev–Trinajstić information content (AvgIpc) is 1.85. The van der Waals surface area contributed by atoms with Crippen LogP contribution < -0.4 is 5.14 Å². The van der Waals surface area contributed by atoms with Gasteiger partial charge in [0.2, 0.25) is 10.0 Å². The number of nitrogens with two attached hydrogens (primary N) is 1. The van der Waals surface area contributed by atoms with Crippen LogP contribution in [0.3, 0.4) is 0 Å². The molecule has 1 heterocycles. The molecule has 11 heavy (non-hydrogen) atoms. The van der Waals surface area contributed by atoms with Crippen LogP contribution in [-0.2, 0) is 10.0 Å². The molecule has 2 N–H and O–H groups in total. The Balaban J connectivity index is 2.36. The lowest BCUT2D eigenvalue weighted by Crippen LogP contribution is -2.25. The largest absolute Gasteiger partial charge is 0.229 e. The number of hydrogen-bond donors (Lipinski definition) is 1. The Labute approximate surface area is 71.8 Å². The molecule has 1 rings (SSSR count). The molecule has 5 heteroatoms. The van der Waals surface area contributed by atoms with Gasteiger partial charge >= 0.3 is 0 Å². The number of sulfonamides is 1. The predicted octanol–water partition coefficient (Wildman–Crippen LogP) is 0.418. The van der Waals surface area contributed by atoms with Crippen molar-refractivity contribution in [1.82, 2.24) is 0 Å². The van der Waals surface area contributed by atoms with E-state index in [1.54, 1.807) is 0 Å². The Kier molecular flexibility index (Phi) is 3.21. The molecule has 0 bridgehead atoms. The van der Waals surface area contributed by atoms with Gasteiger partial charge in [0.15, 0.2) is 0 Å². The van der Waals surface area contributed by atoms with E-state index in [2.05, 4.69) is 0 Å². The van der Waals surface area contributed by atoms with E-state index in [1.807, 2.05) is 11.8 Å². The molecule has 1 saturated heterocycles. The minimum absolute atomic E-state index is 0.174. The first kappa shape index (κ1) is 9.35. The van der Waals surface area contributed by atoms with Gasteiger partial charge < -0.3 is 0 Å². The van der Waals surface area contributed by atoms with Crippen LogP contribution in [0.5, 0.6) is 0 Å². The summed E-state index contributed by atoms with van der Waals surface area (Å²) in [5.41, 5.74) is 0. The van der Waals surface area contributed by atoms with Crippen LogP contribution in [0.2, 0.25) is 0 Å². The predicted molar refractivity (Wildman–Crippen MR) is 48.0 cm³/mol. The molecule has 0 amide bonds. The summed E-state index contributed by atoms with van der Waals surface area (Å²) >= 11 is 1.89. The van der Waals surface area contributed by atoms with Gasteiger partial charge in [0.1, 0.15) is 0 Å². The molecule has 1 aliphatic rings. The van der Waals surface area contributed by atoms with Gasteiger partial charge in [-0.1, -0.05) is 0 Å². The van der Waals surface area contributed by atoms with Gasteiger partial charge in [-0.05, 0) is 30.3 Å². The molecule has 66 valence electrons. The highest BCUT2D eigenvalue weighted by Gasteiger charge is 2.18. The monoisotopic (exact) mass is 195 g/mol. The van der Waals surface area contributed by atoms with Crippen molar-refractivity contribution in [3.05, 3.63) is 0 Å². The SMILES string of the molecule is NS(=O)(=O)CC1CCSCC1. The van der Waals surface area contributed by atoms with Crippen molar-refractivity contribution in [2.75, 3.05) is 17.3 Å². The first-order valence-corrected chi connectivity index (χ1v) is 6.53. The number of rotatable bonds is 2. The standard InChI is InChI=1S/C6H13NO2S2/c7-11(8,9)5-6-1-3-10-4-2-6/h6H,1-5H2,(H2,7,8,9). The van der Waals surface area contributed by atoms with Crippen molar-refractivity contribution in [1.29, 1.82) is 0 Å². The number of thioether (sulfide) groups is 1. The summed E-state index contributed by atoms with van der Waals surface area (Å²) in [5, 5.41) is 4.93. The van der Waals surface area contributed by atoms with Crippen molar-refractivity contribution in [3.8, 4) is 0 Å². The topological polar surface area (TPSA) is 60.2 Å². The Morgan fingerprint density at radius 3 is 2.36 bits per heavy atom. The lowest BCUT2D eigenvalue weighted by molar-refractivity contribution is 0.522. The van der Waals surface area contributed by atoms with Crippen molar-refractivity contribution in [3.63, 3.8) is 0 Å². The fourth-order valence-electron chi connectivity index (χ4n) is 1.24. The third-order valence-corrected chi connectivity index (χ3v) is 3.79. The van der Waals surface area contributed by atoms with Crippen LogP contribution in [0.25, 0.3) is 0 Å². The van der Waals surface area contributed by atoms with E-state index in [-0.39, 0.29) is 5.75 Å². The highest BCUT2D eigenvalue weighted by Crippen LogP contribution is 2.23. The smallest absolute Gasteiger partial charge is 0.209 e. The van der Waals surface area contributed by atoms with Crippen LogP contribution in [0.4, 0.5) is 0 Å². The van der Waals surface area contributed by atoms with Gasteiger partial charge in [0.25, 0.3) is 0 Å². The second-order valence-corrected chi connectivity index (χ2v) is 5.77. The van der Waals surface area contributed by atoms with Crippen LogP contribution in [0.15, 0.2) is 0 Å². The van der Waals surface area contributed by atoms with Crippen molar-refractivity contribution < 1.29 is 8.42 Å². The number of primary sulfonamides is 1. The van der Waals surface area contributed by atoms with Gasteiger partial charge in [-0.15, -0.1) is 0 Å². The molecule has 0 spiro atoms. The summed E-state index contributed by atoms with van der Waals surface area (Å²) in [7, 11) is -3.23. The molecule has 0 saturated carbocycles. The second kappa shape index (κ2) is 3.78. The maximum absolute atomic E-state index is 10.7. The highest BCUT2D eigenvalue weighted by atomic mass is 32.2. The van der Waals surface area contributed by atoms with E-state index in [1.165, 1.54) is 0 Å². The molecular formula is C6H13NO2S2. The molecule has 3 nitrogen and oxygen atoms in total. The number of hydrogen-bond acceptors (Lipinski definition) is 3. The molecule has 0 atom stereocenters. The average molecular weight is 195 g/mol. The lowest BCUT2D eigenvalue weighted by atomic mass is 10.1. The highest BCUT2D eigenvalue weighted by molar-refractivity contribution is 7.99. The normalized spacial score (nSPS) is 21.9. The molecule has 0 aromatic carbocycles. The minimum Gasteiger partial charge on any atom is -0.229 e. The van der Waals surface area contributed by atoms with Gasteiger partial charge in [0, 0.05) is 0 Å². The van der Waals surface area contributed by atoms with Crippen LogP contribution in [-0.4, -0.2) is 25.7 Å². The molecule has 0 aromatic rings. The maximum Gasteiger partial charge on any atom is 0.209 e. The summed E-state index contributed by atoms with van der Waals surface area (Å²) in [4.78, 5) is 0. The minimum atomic E-state index is -3.23. The fourth-order valence-corrected chi connectivity index (χ4v) is 3.44. The van der Waals surface area contributed by atoms with E-state index in [9.17, 15) is 8.42 Å². The van der Waals surface area contributed by atoms with Gasteiger partial charge in [-0.3, -0.25) is 0 Å². The summed E-state index contributed by atoms with van der Waals surface area (Å²) in [6, 6.07) is 0. The third-order valence-electron chi connectivity index (χ3n) is 1.81. The van der Waals surface area contributed by atoms with Gasteiger partial charge in [0.05, 0.1) is 5.75 Å². The second-order valence-electron chi connectivity index (χ2n) is 2.89. The molecule has 1 aliphatic heterocycles. The zero-order valence-corrected chi connectivity index (χ0v) is 7.96. The first-order valence-electron chi connectivity index (χ1n) is 3.66. The Morgan fingerprint density at radius 2 is 1.91 bits per heavy atom. The quantitative estimate of drug-likeness (QED) is 0.694. The maximum atomic E-state index is 10.7. The van der Waals surface area contributed by atoms with E-state index in [4.69, 9.17) is 5.14 Å². The Morgan fingerprint density at radius 1 is 1.36 bits per heavy atom. The Hall–Kier alpha value is 0.260. The molecule has 0 unspecified atom stereocenters. The van der Waals surface area contributed by atoms with E-state index >= 15 is 0 Å². The molecule has 1 fully saturated rings. The van der Waals surface area contributed by atoms with Crippen LogP contribution in [0.1, 0.15) is 12.8 Å². The zero-order chi connectivity index (χ0) is 8.32. The van der Waals surface area contributed by atoms with Crippen LogP contribution in [0, 0.1) is 5.92 Å².